The zero-order chi connectivity index (χ0) is 12.3. The van der Waals surface area contributed by atoms with Crippen LogP contribution in [0.4, 0.5) is 0 Å². The van der Waals surface area contributed by atoms with Crippen molar-refractivity contribution < 1.29 is 22.5 Å². The van der Waals surface area contributed by atoms with Gasteiger partial charge in [0, 0.05) is 6.08 Å². The third-order valence-corrected chi connectivity index (χ3v) is 2.65. The van der Waals surface area contributed by atoms with Gasteiger partial charge >= 0.3 is 5.97 Å². The lowest BCUT2D eigenvalue weighted by Gasteiger charge is -2.07. The molecule has 0 heterocycles. The number of benzene rings is 1. The number of hydrogen-bond acceptors (Lipinski definition) is 4. The summed E-state index contributed by atoms with van der Waals surface area (Å²) in [5.41, 5.74) is 0.694. The van der Waals surface area contributed by atoms with Crippen LogP contribution in [-0.2, 0) is 14.9 Å². The zero-order valence-electron chi connectivity index (χ0n) is 8.50. The van der Waals surface area contributed by atoms with Crippen molar-refractivity contribution in [3.63, 3.8) is 0 Å². The number of esters is 1. The van der Waals surface area contributed by atoms with Crippen molar-refractivity contribution in [2.24, 2.45) is 0 Å². The Morgan fingerprint density at radius 1 is 1.50 bits per heavy atom. The topological polar surface area (TPSA) is 80.7 Å². The molecule has 1 aromatic rings. The van der Waals surface area contributed by atoms with E-state index >= 15 is 0 Å². The van der Waals surface area contributed by atoms with E-state index in [0.29, 0.717) is 5.56 Å². The van der Waals surface area contributed by atoms with Gasteiger partial charge in [-0.2, -0.15) is 8.42 Å². The molecule has 0 atom stereocenters. The maximum absolute atomic E-state index is 11.0. The second kappa shape index (κ2) is 4.46. The van der Waals surface area contributed by atoms with Gasteiger partial charge < -0.3 is 4.74 Å². The molecule has 0 aliphatic rings. The quantitative estimate of drug-likeness (QED) is 0.374. The smallest absolute Gasteiger partial charge is 0.335 e. The molecule has 0 fully saturated rings. The van der Waals surface area contributed by atoms with Gasteiger partial charge in [0.05, 0.1) is 0 Å². The van der Waals surface area contributed by atoms with Crippen LogP contribution in [0.5, 0.6) is 5.75 Å². The molecular formula is C10H10O5S. The van der Waals surface area contributed by atoms with Gasteiger partial charge in [-0.1, -0.05) is 12.6 Å². The van der Waals surface area contributed by atoms with Crippen LogP contribution in [0.25, 0.3) is 0 Å². The summed E-state index contributed by atoms with van der Waals surface area (Å²) in [6.07, 6.45) is 0.899. The van der Waals surface area contributed by atoms with Crippen LogP contribution in [0.1, 0.15) is 5.56 Å². The van der Waals surface area contributed by atoms with Crippen LogP contribution in [0.3, 0.4) is 0 Å². The molecule has 0 bridgehead atoms. The van der Waals surface area contributed by atoms with Gasteiger partial charge in [-0.25, -0.2) is 4.79 Å². The standard InChI is InChI=1S/C10H10O5S/c1-3-10(11)15-8-6-7(2)4-5-9(8)16(12,13)14/h3-6H,1H2,2H3,(H,12,13,14). The molecule has 0 saturated carbocycles. The molecule has 16 heavy (non-hydrogen) atoms. The van der Waals surface area contributed by atoms with Crippen LogP contribution in [0.2, 0.25) is 0 Å². The molecule has 0 saturated heterocycles. The predicted octanol–water partition coefficient (Wildman–Crippen LogP) is 1.33. The SMILES string of the molecule is C=CC(=O)Oc1cc(C)ccc1S(=O)(=O)O. The van der Waals surface area contributed by atoms with E-state index in [1.165, 1.54) is 12.1 Å². The van der Waals surface area contributed by atoms with Gasteiger partial charge in [0.1, 0.15) is 4.90 Å². The van der Waals surface area contributed by atoms with Crippen molar-refractivity contribution in [2.75, 3.05) is 0 Å². The van der Waals surface area contributed by atoms with Crippen molar-refractivity contribution in [3.05, 3.63) is 36.4 Å². The Balaban J connectivity index is 3.29. The molecule has 0 unspecified atom stereocenters. The highest BCUT2D eigenvalue weighted by Gasteiger charge is 2.18. The molecule has 6 heteroatoms. The maximum atomic E-state index is 11.0. The van der Waals surface area contributed by atoms with E-state index < -0.39 is 21.0 Å². The van der Waals surface area contributed by atoms with Crippen molar-refractivity contribution in [3.8, 4) is 5.75 Å². The van der Waals surface area contributed by atoms with Gasteiger partial charge in [-0.05, 0) is 24.6 Å². The molecule has 0 aromatic heterocycles. The van der Waals surface area contributed by atoms with Gasteiger partial charge in [-0.3, -0.25) is 4.55 Å². The Morgan fingerprint density at radius 2 is 2.12 bits per heavy atom. The Labute approximate surface area is 93.1 Å². The van der Waals surface area contributed by atoms with Crippen molar-refractivity contribution in [2.45, 2.75) is 11.8 Å². The molecule has 1 N–H and O–H groups in total. The number of carbonyl (C=O) groups is 1. The lowest BCUT2D eigenvalue weighted by atomic mass is 10.2. The van der Waals surface area contributed by atoms with E-state index in [1.54, 1.807) is 6.92 Å². The average molecular weight is 242 g/mol. The Bertz CT molecular complexity index is 530. The molecule has 0 aliphatic heterocycles. The minimum absolute atomic E-state index is 0.215. The zero-order valence-corrected chi connectivity index (χ0v) is 9.32. The van der Waals surface area contributed by atoms with Crippen LogP contribution >= 0.6 is 0 Å². The lowest BCUT2D eigenvalue weighted by Crippen LogP contribution is -2.08. The van der Waals surface area contributed by atoms with Crippen molar-refractivity contribution >= 4 is 16.1 Å². The second-order valence-corrected chi connectivity index (χ2v) is 4.44. The predicted molar refractivity (Wildman–Crippen MR) is 56.8 cm³/mol. The minimum atomic E-state index is -4.42. The van der Waals surface area contributed by atoms with E-state index in [9.17, 15) is 13.2 Å². The molecule has 5 nitrogen and oxygen atoms in total. The summed E-state index contributed by atoms with van der Waals surface area (Å²) in [5.74, 6) is -1.01. The summed E-state index contributed by atoms with van der Waals surface area (Å²) in [7, 11) is -4.42. The number of hydrogen-bond donors (Lipinski definition) is 1. The normalized spacial score (nSPS) is 10.9. The summed E-state index contributed by atoms with van der Waals surface area (Å²) in [4.78, 5) is 10.5. The molecule has 0 spiro atoms. The summed E-state index contributed by atoms with van der Waals surface area (Å²) in [6.45, 7) is 4.88. The Morgan fingerprint density at radius 3 is 2.62 bits per heavy atom. The number of ether oxygens (including phenoxy) is 1. The summed E-state index contributed by atoms with van der Waals surface area (Å²) in [5, 5.41) is 0. The van der Waals surface area contributed by atoms with Gasteiger partial charge in [0.2, 0.25) is 0 Å². The number of rotatable bonds is 3. The highest BCUT2D eigenvalue weighted by atomic mass is 32.2. The monoisotopic (exact) mass is 242 g/mol. The highest BCUT2D eigenvalue weighted by Crippen LogP contribution is 2.25. The third kappa shape index (κ3) is 2.91. The van der Waals surface area contributed by atoms with Gasteiger partial charge in [0.25, 0.3) is 10.1 Å². The second-order valence-electron chi connectivity index (χ2n) is 3.05. The minimum Gasteiger partial charge on any atom is -0.422 e. The first-order chi connectivity index (χ1) is 7.34. The Hall–Kier alpha value is -1.66. The lowest BCUT2D eigenvalue weighted by molar-refractivity contribution is -0.129. The first-order valence-electron chi connectivity index (χ1n) is 4.27. The van der Waals surface area contributed by atoms with E-state index in [4.69, 9.17) is 9.29 Å². The summed E-state index contributed by atoms with van der Waals surface area (Å²) in [6, 6.07) is 3.98. The first-order valence-corrected chi connectivity index (χ1v) is 5.71. The van der Waals surface area contributed by atoms with Gasteiger partial charge in [-0.15, -0.1) is 0 Å². The highest BCUT2D eigenvalue weighted by molar-refractivity contribution is 7.86. The van der Waals surface area contributed by atoms with Crippen molar-refractivity contribution in [1.82, 2.24) is 0 Å². The molecule has 0 amide bonds. The van der Waals surface area contributed by atoms with Gasteiger partial charge in [0.15, 0.2) is 5.75 Å². The van der Waals surface area contributed by atoms with Crippen LogP contribution < -0.4 is 4.74 Å². The molecular weight excluding hydrogens is 232 g/mol. The van der Waals surface area contributed by atoms with Crippen LogP contribution in [0.15, 0.2) is 35.7 Å². The fourth-order valence-corrected chi connectivity index (χ4v) is 1.65. The molecule has 1 rings (SSSR count). The third-order valence-electron chi connectivity index (χ3n) is 1.75. The molecule has 86 valence electrons. The van der Waals surface area contributed by atoms with E-state index in [-0.39, 0.29) is 5.75 Å². The molecule has 0 aliphatic carbocycles. The maximum Gasteiger partial charge on any atom is 0.335 e. The van der Waals surface area contributed by atoms with E-state index in [0.717, 1.165) is 12.1 Å². The Kier molecular flexibility index (Phi) is 3.46. The number of carbonyl (C=O) groups excluding carboxylic acids is 1. The summed E-state index contributed by atoms with van der Waals surface area (Å²) >= 11 is 0. The van der Waals surface area contributed by atoms with E-state index in [2.05, 4.69) is 6.58 Å². The van der Waals surface area contributed by atoms with Crippen LogP contribution in [-0.4, -0.2) is 18.9 Å². The van der Waals surface area contributed by atoms with E-state index in [1.807, 2.05) is 0 Å². The fourth-order valence-electron chi connectivity index (χ4n) is 1.06. The fraction of sp³-hybridized carbons (Fsp3) is 0.100. The molecule has 0 radical (unpaired) electrons. The summed E-state index contributed by atoms with van der Waals surface area (Å²) < 4.78 is 35.6. The van der Waals surface area contributed by atoms with Crippen molar-refractivity contribution in [1.29, 1.82) is 0 Å². The average Bonchev–Trinajstić information content (AvgIpc) is 2.15. The largest absolute Gasteiger partial charge is 0.422 e. The number of aryl methyl sites for hydroxylation is 1. The molecule has 1 aromatic carbocycles. The van der Waals surface area contributed by atoms with Crippen LogP contribution in [0, 0.1) is 6.92 Å². The first kappa shape index (κ1) is 12.4.